The Morgan fingerprint density at radius 3 is 3.00 bits per heavy atom. The summed E-state index contributed by atoms with van der Waals surface area (Å²) in [6.45, 7) is 0.0433. The smallest absolute Gasteiger partial charge is 0.136 e. The average molecular weight is 241 g/mol. The lowest BCUT2D eigenvalue weighted by Gasteiger charge is -1.98. The molecule has 0 radical (unpaired) electrons. The quantitative estimate of drug-likeness (QED) is 0.827. The molecule has 68 valence electrons. The summed E-state index contributed by atoms with van der Waals surface area (Å²) in [5, 5.41) is 14.3. The van der Waals surface area contributed by atoms with E-state index in [2.05, 4.69) is 21.0 Å². The van der Waals surface area contributed by atoms with Crippen molar-refractivity contribution in [2.75, 3.05) is 0 Å². The van der Waals surface area contributed by atoms with E-state index in [1.165, 1.54) is 0 Å². The Bertz CT molecular complexity index is 450. The highest BCUT2D eigenvalue weighted by Crippen LogP contribution is 2.26. The Balaban J connectivity index is 2.88. The number of fused-ring (bicyclic) bond motifs is 1. The highest BCUT2D eigenvalue weighted by molar-refractivity contribution is 9.10. The van der Waals surface area contributed by atoms with Gasteiger partial charge < -0.3 is 5.11 Å². The van der Waals surface area contributed by atoms with E-state index in [1.54, 1.807) is 4.68 Å². The zero-order valence-electron chi connectivity index (χ0n) is 7.16. The van der Waals surface area contributed by atoms with Crippen molar-refractivity contribution in [1.82, 2.24) is 9.78 Å². The molecule has 1 aromatic heterocycles. The van der Waals surface area contributed by atoms with Crippen LogP contribution in [0.15, 0.2) is 22.8 Å². The summed E-state index contributed by atoms with van der Waals surface area (Å²) in [5.41, 5.74) is 1.93. The van der Waals surface area contributed by atoms with Crippen molar-refractivity contribution in [2.24, 2.45) is 7.05 Å². The maximum absolute atomic E-state index is 9.11. The van der Waals surface area contributed by atoms with Gasteiger partial charge in [0.15, 0.2) is 0 Å². The molecular weight excluding hydrogens is 232 g/mol. The van der Waals surface area contributed by atoms with E-state index in [9.17, 15) is 0 Å². The summed E-state index contributed by atoms with van der Waals surface area (Å²) >= 11 is 3.37. The molecule has 0 amide bonds. The molecule has 2 aromatic rings. The van der Waals surface area contributed by atoms with Gasteiger partial charge in [-0.05, 0) is 27.6 Å². The van der Waals surface area contributed by atoms with Gasteiger partial charge in [0, 0.05) is 12.4 Å². The van der Waals surface area contributed by atoms with Gasteiger partial charge in [-0.3, -0.25) is 4.68 Å². The zero-order chi connectivity index (χ0) is 9.42. The number of aliphatic hydroxyl groups excluding tert-OH is 1. The van der Waals surface area contributed by atoms with E-state index < -0.39 is 0 Å². The first-order valence-corrected chi connectivity index (χ1v) is 4.74. The summed E-state index contributed by atoms with van der Waals surface area (Å²) < 4.78 is 2.58. The third-order valence-corrected chi connectivity index (χ3v) is 2.65. The lowest BCUT2D eigenvalue weighted by atomic mass is 10.1. The van der Waals surface area contributed by atoms with Crippen LogP contribution in [0.2, 0.25) is 0 Å². The zero-order valence-corrected chi connectivity index (χ0v) is 8.74. The minimum Gasteiger partial charge on any atom is -0.392 e. The summed E-state index contributed by atoms with van der Waals surface area (Å²) in [5.74, 6) is 0. The number of hydrogen-bond donors (Lipinski definition) is 1. The molecule has 4 heteroatoms. The minimum absolute atomic E-state index is 0.0433. The summed E-state index contributed by atoms with van der Waals surface area (Å²) in [7, 11) is 1.88. The van der Waals surface area contributed by atoms with E-state index in [0.717, 1.165) is 21.1 Å². The Labute approximate surface area is 84.1 Å². The number of nitrogens with zero attached hydrogens (tertiary/aromatic N) is 2. The first-order chi connectivity index (χ1) is 6.24. The number of hydrogen-bond acceptors (Lipinski definition) is 2. The predicted molar refractivity (Wildman–Crippen MR) is 54.3 cm³/mol. The van der Waals surface area contributed by atoms with Gasteiger partial charge in [-0.1, -0.05) is 12.1 Å². The van der Waals surface area contributed by atoms with E-state index in [4.69, 9.17) is 5.11 Å². The Morgan fingerprint density at radius 1 is 1.54 bits per heavy atom. The van der Waals surface area contributed by atoms with Crippen molar-refractivity contribution < 1.29 is 5.11 Å². The highest BCUT2D eigenvalue weighted by Gasteiger charge is 2.08. The van der Waals surface area contributed by atoms with E-state index in [0.29, 0.717) is 0 Å². The number of aryl methyl sites for hydroxylation is 1. The van der Waals surface area contributed by atoms with E-state index in [1.807, 2.05) is 25.2 Å². The van der Waals surface area contributed by atoms with Gasteiger partial charge in [-0.15, -0.1) is 0 Å². The molecule has 0 saturated carbocycles. The van der Waals surface area contributed by atoms with Crippen LogP contribution in [-0.4, -0.2) is 14.9 Å². The molecule has 13 heavy (non-hydrogen) atoms. The van der Waals surface area contributed by atoms with Gasteiger partial charge in [0.25, 0.3) is 0 Å². The molecule has 0 aliphatic carbocycles. The largest absolute Gasteiger partial charge is 0.392 e. The van der Waals surface area contributed by atoms with Crippen LogP contribution in [0.3, 0.4) is 0 Å². The lowest BCUT2D eigenvalue weighted by Crippen LogP contribution is -1.89. The minimum atomic E-state index is 0.0433. The second kappa shape index (κ2) is 3.12. The lowest BCUT2D eigenvalue weighted by molar-refractivity contribution is 0.283. The first-order valence-electron chi connectivity index (χ1n) is 3.95. The van der Waals surface area contributed by atoms with Crippen molar-refractivity contribution >= 4 is 26.8 Å². The van der Waals surface area contributed by atoms with Gasteiger partial charge in [0.05, 0.1) is 12.1 Å². The van der Waals surface area contributed by atoms with Crippen LogP contribution in [0.5, 0.6) is 0 Å². The van der Waals surface area contributed by atoms with Crippen molar-refractivity contribution in [3.8, 4) is 0 Å². The van der Waals surface area contributed by atoms with Crippen LogP contribution in [0, 0.1) is 0 Å². The fourth-order valence-electron chi connectivity index (χ4n) is 1.46. The summed E-state index contributed by atoms with van der Waals surface area (Å²) in [6, 6.07) is 5.79. The SMILES string of the molecule is Cn1nc(Br)c2c(CO)cccc21. The Hall–Kier alpha value is -0.870. The molecule has 1 heterocycles. The van der Waals surface area contributed by atoms with Crippen LogP contribution in [0.4, 0.5) is 0 Å². The number of benzene rings is 1. The normalized spacial score (nSPS) is 11.0. The summed E-state index contributed by atoms with van der Waals surface area (Å²) in [6.07, 6.45) is 0. The van der Waals surface area contributed by atoms with Crippen molar-refractivity contribution in [3.05, 3.63) is 28.4 Å². The molecule has 0 unspecified atom stereocenters. The Kier molecular flexibility index (Phi) is 2.09. The van der Waals surface area contributed by atoms with Crippen LogP contribution < -0.4 is 0 Å². The molecule has 0 bridgehead atoms. The average Bonchev–Trinajstić information content (AvgIpc) is 2.43. The molecule has 3 nitrogen and oxygen atoms in total. The monoisotopic (exact) mass is 240 g/mol. The van der Waals surface area contributed by atoms with Crippen LogP contribution in [0.1, 0.15) is 5.56 Å². The van der Waals surface area contributed by atoms with Crippen molar-refractivity contribution in [1.29, 1.82) is 0 Å². The number of aromatic nitrogens is 2. The Morgan fingerprint density at radius 2 is 2.31 bits per heavy atom. The first kappa shape index (κ1) is 8.72. The van der Waals surface area contributed by atoms with Crippen molar-refractivity contribution in [3.63, 3.8) is 0 Å². The number of rotatable bonds is 1. The second-order valence-corrected chi connectivity index (χ2v) is 3.63. The predicted octanol–water partition coefficient (Wildman–Crippen LogP) is 1.83. The van der Waals surface area contributed by atoms with Crippen LogP contribution in [0.25, 0.3) is 10.9 Å². The van der Waals surface area contributed by atoms with Gasteiger partial charge in [0.2, 0.25) is 0 Å². The number of halogens is 1. The van der Waals surface area contributed by atoms with Crippen LogP contribution >= 0.6 is 15.9 Å². The maximum Gasteiger partial charge on any atom is 0.136 e. The molecule has 0 spiro atoms. The van der Waals surface area contributed by atoms with Gasteiger partial charge >= 0.3 is 0 Å². The van der Waals surface area contributed by atoms with E-state index >= 15 is 0 Å². The molecule has 1 aromatic carbocycles. The molecule has 2 rings (SSSR count). The standard InChI is InChI=1S/C9H9BrN2O/c1-12-7-4-2-3-6(5-13)8(7)9(10)11-12/h2-4,13H,5H2,1H3. The third-order valence-electron chi connectivity index (χ3n) is 2.09. The number of aliphatic hydroxyl groups is 1. The fraction of sp³-hybridized carbons (Fsp3) is 0.222. The maximum atomic E-state index is 9.11. The highest BCUT2D eigenvalue weighted by atomic mass is 79.9. The molecule has 0 saturated heterocycles. The molecule has 0 aliphatic rings. The topological polar surface area (TPSA) is 38.0 Å². The van der Waals surface area contributed by atoms with Crippen molar-refractivity contribution in [2.45, 2.75) is 6.61 Å². The second-order valence-electron chi connectivity index (χ2n) is 2.88. The summed E-state index contributed by atoms with van der Waals surface area (Å²) in [4.78, 5) is 0. The molecule has 0 aliphatic heterocycles. The molecule has 0 fully saturated rings. The molecular formula is C9H9BrN2O. The van der Waals surface area contributed by atoms with E-state index in [-0.39, 0.29) is 6.61 Å². The third kappa shape index (κ3) is 1.26. The fourth-order valence-corrected chi connectivity index (χ4v) is 2.16. The molecule has 0 atom stereocenters. The molecule has 1 N–H and O–H groups in total. The van der Waals surface area contributed by atoms with Gasteiger partial charge in [-0.2, -0.15) is 5.10 Å². The van der Waals surface area contributed by atoms with Crippen LogP contribution in [-0.2, 0) is 13.7 Å². The van der Waals surface area contributed by atoms with Gasteiger partial charge in [0.1, 0.15) is 4.60 Å². The van der Waals surface area contributed by atoms with Gasteiger partial charge in [-0.25, -0.2) is 0 Å².